The van der Waals surface area contributed by atoms with Crippen molar-refractivity contribution in [1.82, 2.24) is 4.98 Å². The molecule has 0 aliphatic carbocycles. The minimum atomic E-state index is -0.523. The zero-order valence-electron chi connectivity index (χ0n) is 9.31. The molecule has 90 valence electrons. The van der Waals surface area contributed by atoms with Crippen molar-refractivity contribution < 1.29 is 4.92 Å². The smallest absolute Gasteiger partial charge is 0.311 e. The van der Waals surface area contributed by atoms with Crippen molar-refractivity contribution in [3.8, 4) is 12.3 Å². The molecule has 5 nitrogen and oxygen atoms in total. The van der Waals surface area contributed by atoms with Crippen molar-refractivity contribution in [2.75, 3.05) is 5.32 Å². The molecular formula is C11H12ClN3O2. The topological polar surface area (TPSA) is 68.1 Å². The molecule has 1 N–H and O–H groups in total. The van der Waals surface area contributed by atoms with E-state index >= 15 is 0 Å². The Hall–Kier alpha value is -1.80. The van der Waals surface area contributed by atoms with Gasteiger partial charge in [0, 0.05) is 6.07 Å². The molecule has 0 radical (unpaired) electrons. The molecule has 1 rings (SSSR count). The maximum absolute atomic E-state index is 10.8. The first-order chi connectivity index (χ1) is 8.08. The molecule has 1 aromatic heterocycles. The maximum Gasteiger partial charge on any atom is 0.311 e. The summed E-state index contributed by atoms with van der Waals surface area (Å²) in [7, 11) is 0. The lowest BCUT2D eigenvalue weighted by Gasteiger charge is -2.12. The standard InChI is InChI=1S/C11H12ClN3O2/c1-3-5-8(4-2)13-11-9(15(16)17)6-7-10(12)14-11/h2,6-8H,3,5H2,1H3,(H,13,14). The molecule has 0 spiro atoms. The molecule has 1 aromatic rings. The van der Waals surface area contributed by atoms with Crippen molar-refractivity contribution >= 4 is 23.1 Å². The molecule has 0 saturated carbocycles. The summed E-state index contributed by atoms with van der Waals surface area (Å²) in [4.78, 5) is 14.2. The average Bonchev–Trinajstić information content (AvgIpc) is 2.28. The Balaban J connectivity index is 2.99. The van der Waals surface area contributed by atoms with Gasteiger partial charge >= 0.3 is 5.69 Å². The summed E-state index contributed by atoms with van der Waals surface area (Å²) in [5.41, 5.74) is -0.134. The number of hydrogen-bond donors (Lipinski definition) is 1. The van der Waals surface area contributed by atoms with Crippen LogP contribution >= 0.6 is 11.6 Å². The molecule has 1 atom stereocenters. The Morgan fingerprint density at radius 1 is 1.71 bits per heavy atom. The van der Waals surface area contributed by atoms with E-state index in [1.165, 1.54) is 12.1 Å². The summed E-state index contributed by atoms with van der Waals surface area (Å²) in [5, 5.41) is 13.8. The predicted octanol–water partition coefficient (Wildman–Crippen LogP) is 2.86. The largest absolute Gasteiger partial charge is 0.351 e. The van der Waals surface area contributed by atoms with E-state index < -0.39 is 4.92 Å². The van der Waals surface area contributed by atoms with Gasteiger partial charge in [0.25, 0.3) is 0 Å². The fourth-order valence-corrected chi connectivity index (χ4v) is 1.48. The number of nitrogens with one attached hydrogen (secondary N) is 1. The Bertz CT molecular complexity index is 457. The van der Waals surface area contributed by atoms with Crippen LogP contribution in [-0.2, 0) is 0 Å². The third kappa shape index (κ3) is 3.61. The molecule has 1 unspecified atom stereocenters. The number of pyridine rings is 1. The first kappa shape index (κ1) is 13.3. The van der Waals surface area contributed by atoms with Gasteiger partial charge in [-0.15, -0.1) is 6.42 Å². The second-order valence-corrected chi connectivity index (χ2v) is 3.80. The number of halogens is 1. The average molecular weight is 254 g/mol. The molecule has 6 heteroatoms. The van der Waals surface area contributed by atoms with Gasteiger partial charge < -0.3 is 5.32 Å². The first-order valence-electron chi connectivity index (χ1n) is 5.12. The van der Waals surface area contributed by atoms with Crippen LogP contribution in [0.5, 0.6) is 0 Å². The third-order valence-electron chi connectivity index (χ3n) is 2.13. The highest BCUT2D eigenvalue weighted by atomic mass is 35.5. The summed E-state index contributed by atoms with van der Waals surface area (Å²) < 4.78 is 0. The van der Waals surface area contributed by atoms with Crippen LogP contribution in [0.1, 0.15) is 19.8 Å². The molecule has 0 saturated heterocycles. The van der Waals surface area contributed by atoms with E-state index in [0.717, 1.165) is 6.42 Å². The zero-order chi connectivity index (χ0) is 12.8. The van der Waals surface area contributed by atoms with E-state index in [9.17, 15) is 10.1 Å². The number of anilines is 1. The van der Waals surface area contributed by atoms with Gasteiger partial charge in [0.05, 0.1) is 11.0 Å². The van der Waals surface area contributed by atoms with Crippen LogP contribution in [0.4, 0.5) is 11.5 Å². The van der Waals surface area contributed by atoms with Crippen LogP contribution in [-0.4, -0.2) is 15.9 Å². The van der Waals surface area contributed by atoms with Crippen molar-refractivity contribution in [3.63, 3.8) is 0 Å². The molecule has 0 aromatic carbocycles. The fraction of sp³-hybridized carbons (Fsp3) is 0.364. The van der Waals surface area contributed by atoms with E-state index in [-0.39, 0.29) is 22.7 Å². The van der Waals surface area contributed by atoms with Crippen molar-refractivity contribution in [2.24, 2.45) is 0 Å². The highest BCUT2D eigenvalue weighted by Gasteiger charge is 2.17. The van der Waals surface area contributed by atoms with Gasteiger partial charge in [0.2, 0.25) is 5.82 Å². The second kappa shape index (κ2) is 6.06. The quantitative estimate of drug-likeness (QED) is 0.379. The second-order valence-electron chi connectivity index (χ2n) is 3.41. The van der Waals surface area contributed by atoms with E-state index in [1.54, 1.807) is 0 Å². The lowest BCUT2D eigenvalue weighted by atomic mass is 10.2. The van der Waals surface area contributed by atoms with E-state index in [0.29, 0.717) is 6.42 Å². The van der Waals surface area contributed by atoms with Crippen LogP contribution in [0, 0.1) is 22.5 Å². The number of nitro groups is 1. The predicted molar refractivity (Wildman–Crippen MR) is 67.1 cm³/mol. The number of hydrogen-bond acceptors (Lipinski definition) is 4. The summed E-state index contributed by atoms with van der Waals surface area (Å²) in [6.45, 7) is 1.98. The number of nitrogens with zero attached hydrogens (tertiary/aromatic N) is 2. The normalized spacial score (nSPS) is 11.6. The Morgan fingerprint density at radius 3 is 2.94 bits per heavy atom. The zero-order valence-corrected chi connectivity index (χ0v) is 10.1. The molecule has 17 heavy (non-hydrogen) atoms. The number of rotatable bonds is 5. The Morgan fingerprint density at radius 2 is 2.41 bits per heavy atom. The fourth-order valence-electron chi connectivity index (χ4n) is 1.33. The summed E-state index contributed by atoms with van der Waals surface area (Å²) in [6.07, 6.45) is 6.91. The lowest BCUT2D eigenvalue weighted by Crippen LogP contribution is -2.18. The van der Waals surface area contributed by atoms with Crippen molar-refractivity contribution in [3.05, 3.63) is 27.4 Å². The third-order valence-corrected chi connectivity index (χ3v) is 2.34. The van der Waals surface area contributed by atoms with Gasteiger partial charge in [-0.1, -0.05) is 30.9 Å². The number of terminal acetylenes is 1. The molecule has 0 aliphatic rings. The highest BCUT2D eigenvalue weighted by Crippen LogP contribution is 2.24. The van der Waals surface area contributed by atoms with Crippen LogP contribution in [0.3, 0.4) is 0 Å². The molecule has 0 aliphatic heterocycles. The SMILES string of the molecule is C#CC(CCC)Nc1nc(Cl)ccc1[N+](=O)[O-]. The maximum atomic E-state index is 10.8. The summed E-state index contributed by atoms with van der Waals surface area (Å²) >= 11 is 5.70. The van der Waals surface area contributed by atoms with Gasteiger partial charge in [-0.2, -0.15) is 0 Å². The Labute approximate surface area is 104 Å². The summed E-state index contributed by atoms with van der Waals surface area (Å²) in [6, 6.07) is 2.39. The van der Waals surface area contributed by atoms with Crippen LogP contribution < -0.4 is 5.32 Å². The molecule has 1 heterocycles. The molecule has 0 amide bonds. The highest BCUT2D eigenvalue weighted by molar-refractivity contribution is 6.29. The number of aromatic nitrogens is 1. The van der Waals surface area contributed by atoms with Gasteiger partial charge in [-0.25, -0.2) is 4.98 Å². The van der Waals surface area contributed by atoms with Gasteiger partial charge in [0.1, 0.15) is 5.15 Å². The van der Waals surface area contributed by atoms with E-state index in [2.05, 4.69) is 16.2 Å². The van der Waals surface area contributed by atoms with Gasteiger partial charge in [-0.05, 0) is 12.5 Å². The Kier molecular flexibility index (Phi) is 4.73. The first-order valence-corrected chi connectivity index (χ1v) is 5.49. The van der Waals surface area contributed by atoms with Crippen molar-refractivity contribution in [1.29, 1.82) is 0 Å². The molecule has 0 bridgehead atoms. The van der Waals surface area contributed by atoms with E-state index in [1.807, 2.05) is 6.92 Å². The van der Waals surface area contributed by atoms with Crippen molar-refractivity contribution in [2.45, 2.75) is 25.8 Å². The van der Waals surface area contributed by atoms with Gasteiger partial charge in [0.15, 0.2) is 0 Å². The lowest BCUT2D eigenvalue weighted by molar-refractivity contribution is -0.384. The van der Waals surface area contributed by atoms with E-state index in [4.69, 9.17) is 18.0 Å². The molecule has 0 fully saturated rings. The van der Waals surface area contributed by atoms with Crippen LogP contribution in [0.25, 0.3) is 0 Å². The van der Waals surface area contributed by atoms with Crippen LogP contribution in [0.15, 0.2) is 12.1 Å². The van der Waals surface area contributed by atoms with Gasteiger partial charge in [-0.3, -0.25) is 10.1 Å². The minimum Gasteiger partial charge on any atom is -0.351 e. The van der Waals surface area contributed by atoms with Crippen LogP contribution in [0.2, 0.25) is 5.15 Å². The monoisotopic (exact) mass is 253 g/mol. The minimum absolute atomic E-state index is 0.110. The molecular weight excluding hydrogens is 242 g/mol. The summed E-state index contributed by atoms with van der Waals surface area (Å²) in [5.74, 6) is 2.63.